The topological polar surface area (TPSA) is 456 Å². The number of nitrogens with one attached hydrogen (secondary N) is 7. The SMILES string of the molecule is CC(C)[C@H](NC(=O)CCCCCN1C(=O)C=CC1=O)C(=O)N[C@@H](CCCNC(N)=O)C(=O)Nc1ccc(COC(=O)NCCCCCNC(=O)c2ccc(-c3c4ccc(=N)c(S(=O)(=O)O)c-4oc4c(S(=O)(=O)O)c(N)ccc34)c(C(=O)O)c2)cc1. The van der Waals surface area contributed by atoms with Crippen molar-refractivity contribution < 1.29 is 83.4 Å². The van der Waals surface area contributed by atoms with Gasteiger partial charge in [-0.15, -0.1) is 0 Å². The first kappa shape index (κ1) is 64.9. The number of anilines is 2. The first-order valence-corrected chi connectivity index (χ1v) is 29.5. The monoisotopic (exact) mass is 1220 g/mol. The molecule has 9 amide bonds. The van der Waals surface area contributed by atoms with Gasteiger partial charge in [0.15, 0.2) is 21.1 Å². The molecule has 6 rings (SSSR count). The summed E-state index contributed by atoms with van der Waals surface area (Å²) in [6.07, 6.45) is 5.02. The maximum atomic E-state index is 13.6. The third-order valence-electron chi connectivity index (χ3n) is 13.3. The highest BCUT2D eigenvalue weighted by Crippen LogP contribution is 2.46. The fraction of sp³-hybridized carbons (Fsp3) is 0.345. The van der Waals surface area contributed by atoms with E-state index in [0.717, 1.165) is 23.1 Å². The van der Waals surface area contributed by atoms with Crippen molar-refractivity contribution in [2.45, 2.75) is 100 Å². The van der Waals surface area contributed by atoms with Gasteiger partial charge in [0.05, 0.1) is 16.6 Å². The van der Waals surface area contributed by atoms with E-state index in [1.165, 1.54) is 36.4 Å². The Morgan fingerprint density at radius 2 is 1.36 bits per heavy atom. The number of hydrogen-bond acceptors (Lipinski definition) is 17. The number of rotatable bonds is 29. The highest BCUT2D eigenvalue weighted by Gasteiger charge is 2.33. The average molecular weight is 1220 g/mol. The number of imide groups is 1. The van der Waals surface area contributed by atoms with Crippen LogP contribution in [0.4, 0.5) is 21.0 Å². The molecule has 0 radical (unpaired) electrons. The number of nitrogens with two attached hydrogens (primary N) is 2. The lowest BCUT2D eigenvalue weighted by molar-refractivity contribution is -0.137. The van der Waals surface area contributed by atoms with Gasteiger partial charge in [-0.1, -0.05) is 38.5 Å². The van der Waals surface area contributed by atoms with E-state index in [0.29, 0.717) is 49.8 Å². The zero-order chi connectivity index (χ0) is 62.3. The van der Waals surface area contributed by atoms with Gasteiger partial charge >= 0.3 is 18.1 Å². The second-order valence-electron chi connectivity index (χ2n) is 19.9. The maximum absolute atomic E-state index is 13.6. The molecule has 0 saturated carbocycles. The first-order chi connectivity index (χ1) is 40.2. The number of benzene rings is 4. The molecule has 0 unspecified atom stereocenters. The van der Waals surface area contributed by atoms with Crippen LogP contribution in [0.2, 0.25) is 0 Å². The van der Waals surface area contributed by atoms with Crippen molar-refractivity contribution in [1.29, 1.82) is 5.41 Å². The predicted octanol–water partition coefficient (Wildman–Crippen LogP) is 3.78. The highest BCUT2D eigenvalue weighted by atomic mass is 32.2. The smallest absolute Gasteiger partial charge is 0.407 e. The minimum Gasteiger partial charge on any atom is -0.478 e. The summed E-state index contributed by atoms with van der Waals surface area (Å²) in [5, 5.41) is 33.6. The summed E-state index contributed by atoms with van der Waals surface area (Å²) in [6, 6.07) is 11.5. The van der Waals surface area contributed by atoms with Gasteiger partial charge < -0.3 is 57.6 Å². The Labute approximate surface area is 486 Å². The van der Waals surface area contributed by atoms with E-state index < -0.39 is 112 Å². The number of nitrogen functional groups attached to an aromatic ring is 1. The van der Waals surface area contributed by atoms with Crippen molar-refractivity contribution in [2.24, 2.45) is 11.7 Å². The molecule has 85 heavy (non-hydrogen) atoms. The molecule has 3 aliphatic rings. The summed E-state index contributed by atoms with van der Waals surface area (Å²) in [5.74, 6) is -5.73. The molecule has 30 heteroatoms. The zero-order valence-electron chi connectivity index (χ0n) is 46.0. The Bertz CT molecular complexity index is 3680. The number of ether oxygens (including phenoxy) is 1. The minimum atomic E-state index is -5.24. The number of amides is 9. The van der Waals surface area contributed by atoms with Crippen LogP contribution in [0, 0.1) is 11.3 Å². The van der Waals surface area contributed by atoms with Crippen molar-refractivity contribution >= 4 is 96.1 Å². The van der Waals surface area contributed by atoms with Gasteiger partial charge in [0, 0.05) is 72.5 Å². The molecule has 0 saturated heterocycles. The largest absolute Gasteiger partial charge is 0.478 e. The first-order valence-electron chi connectivity index (χ1n) is 26.6. The Morgan fingerprint density at radius 3 is 2.00 bits per heavy atom. The lowest BCUT2D eigenvalue weighted by Gasteiger charge is -2.25. The van der Waals surface area contributed by atoms with Crippen LogP contribution in [0.25, 0.3) is 33.4 Å². The molecule has 0 fully saturated rings. The number of alkyl carbamates (subject to hydrolysis) is 1. The Kier molecular flexibility index (Phi) is 22.0. The number of hydrogen-bond donors (Lipinski definition) is 12. The van der Waals surface area contributed by atoms with E-state index in [1.54, 1.807) is 38.1 Å². The van der Waals surface area contributed by atoms with E-state index in [1.807, 2.05) is 0 Å². The molecular weight excluding hydrogens is 1150 g/mol. The molecule has 3 aromatic carbocycles. The molecule has 28 nitrogen and oxygen atoms in total. The number of primary amides is 1. The fourth-order valence-electron chi connectivity index (χ4n) is 9.12. The minimum absolute atomic E-state index is 0.0815. The normalized spacial score (nSPS) is 13.1. The van der Waals surface area contributed by atoms with Gasteiger partial charge in [-0.25, -0.2) is 14.4 Å². The Morgan fingerprint density at radius 1 is 0.729 bits per heavy atom. The number of carboxylic acids is 1. The van der Waals surface area contributed by atoms with E-state index in [-0.39, 0.29) is 97.4 Å². The molecule has 2 atom stereocenters. The van der Waals surface area contributed by atoms with Crippen molar-refractivity contribution in [3.63, 3.8) is 0 Å². The van der Waals surface area contributed by atoms with E-state index in [9.17, 15) is 74.2 Å². The quantitative estimate of drug-likeness (QED) is 0.0107. The Hall–Kier alpha value is -9.26. The molecule has 454 valence electrons. The predicted molar refractivity (Wildman–Crippen MR) is 304 cm³/mol. The van der Waals surface area contributed by atoms with Gasteiger partial charge in [-0.2, -0.15) is 16.8 Å². The maximum Gasteiger partial charge on any atom is 0.407 e. The summed E-state index contributed by atoms with van der Waals surface area (Å²) in [4.78, 5) is 112. The summed E-state index contributed by atoms with van der Waals surface area (Å²) >= 11 is 0. The lowest BCUT2D eigenvalue weighted by Crippen LogP contribution is -2.54. The van der Waals surface area contributed by atoms with Crippen molar-refractivity contribution in [3.8, 4) is 22.5 Å². The van der Waals surface area contributed by atoms with Crippen LogP contribution in [-0.2, 0) is 55.6 Å². The molecule has 3 aromatic rings. The Balaban J connectivity index is 0.963. The summed E-state index contributed by atoms with van der Waals surface area (Å²) in [7, 11) is -10.4. The van der Waals surface area contributed by atoms with Crippen LogP contribution < -0.4 is 48.7 Å². The third kappa shape index (κ3) is 17.4. The molecular formula is C55H64N10O18S2. The van der Waals surface area contributed by atoms with Gasteiger partial charge in [0.1, 0.15) is 18.7 Å². The fourth-order valence-corrected chi connectivity index (χ4v) is 10.6. The third-order valence-corrected chi connectivity index (χ3v) is 15.2. The van der Waals surface area contributed by atoms with Gasteiger partial charge in [-0.3, -0.25) is 48.2 Å². The van der Waals surface area contributed by atoms with Crippen LogP contribution in [0.5, 0.6) is 0 Å². The average Bonchev–Trinajstić information content (AvgIpc) is 1.41. The molecule has 2 aliphatic heterocycles. The summed E-state index contributed by atoms with van der Waals surface area (Å²) in [5.41, 5.74) is 9.57. The molecule has 0 aromatic heterocycles. The number of carbonyl (C=O) groups is 9. The summed E-state index contributed by atoms with van der Waals surface area (Å²) < 4.78 is 81.3. The second-order valence-corrected chi connectivity index (χ2v) is 22.7. The molecule has 2 heterocycles. The number of carboxylic acid groups (broad SMARTS) is 1. The molecule has 0 spiro atoms. The number of urea groups is 1. The van der Waals surface area contributed by atoms with Gasteiger partial charge in [-0.05, 0) is 111 Å². The van der Waals surface area contributed by atoms with Gasteiger partial charge in [0.25, 0.3) is 38.0 Å². The van der Waals surface area contributed by atoms with Crippen LogP contribution in [0.15, 0.2) is 93.1 Å². The molecule has 0 bridgehead atoms. The van der Waals surface area contributed by atoms with E-state index in [4.69, 9.17) is 26.0 Å². The number of carbonyl (C=O) groups excluding carboxylic acids is 8. The molecule has 1 aliphatic carbocycles. The van der Waals surface area contributed by atoms with Crippen molar-refractivity contribution in [1.82, 2.24) is 31.5 Å². The van der Waals surface area contributed by atoms with E-state index >= 15 is 0 Å². The lowest BCUT2D eigenvalue weighted by atomic mass is 9.89. The molecule has 14 N–H and O–H groups in total. The van der Waals surface area contributed by atoms with Crippen LogP contribution in [-0.4, -0.2) is 128 Å². The van der Waals surface area contributed by atoms with Crippen LogP contribution in [0.1, 0.15) is 97.9 Å². The number of fused-ring (bicyclic) bond motifs is 2. The van der Waals surface area contributed by atoms with Gasteiger partial charge in [0.2, 0.25) is 17.7 Å². The number of nitrogens with zero attached hydrogens (tertiary/aromatic N) is 1. The van der Waals surface area contributed by atoms with Crippen LogP contribution >= 0.6 is 0 Å². The second kappa shape index (κ2) is 28.8. The van der Waals surface area contributed by atoms with E-state index in [2.05, 4.69) is 31.9 Å². The zero-order valence-corrected chi connectivity index (χ0v) is 47.7. The summed E-state index contributed by atoms with van der Waals surface area (Å²) in [6.45, 7) is 4.01. The number of unbranched alkanes of at least 4 members (excludes halogenated alkanes) is 4. The number of aromatic carboxylic acids is 1. The standard InChI is InChI=1S/C55H64N10O18S2/c1-30(2)45(64-41(66)11-5-3-8-27-65-42(67)22-23-43(65)68)52(71)63-40(10-9-26-60-54(58)74)51(70)62-33-15-12-31(13-16-33)29-82-55(75)61-25-7-4-6-24-59-50(69)32-14-17-34(37(28-32)53(72)73)44-35-18-20-38(56)48(84(76,77)78)46(35)83-47-36(44)19-21-39(57)49(47)85(79,80)81/h12-23,28,30,40,45,56H,3-11,24-27,29,57H2,1-2H3,(H,59,69)(H,61,75)(H,62,70)(H,63,71)(H,64,66)(H,72,73)(H3,58,60,74)(H,76,77,78)(H,79,80,81)/t40-,45-/m0/s1. The van der Waals surface area contributed by atoms with Crippen molar-refractivity contribution in [3.05, 3.63) is 101 Å². The van der Waals surface area contributed by atoms with Crippen LogP contribution in [0.3, 0.4) is 0 Å². The highest BCUT2D eigenvalue weighted by molar-refractivity contribution is 7.86. The van der Waals surface area contributed by atoms with Crippen molar-refractivity contribution in [2.75, 3.05) is 37.2 Å².